The molecule has 9 rings (SSSR count). The molecule has 0 unspecified atom stereocenters. The second-order valence-electron chi connectivity index (χ2n) is 11.0. The van der Waals surface area contributed by atoms with Crippen LogP contribution in [0.15, 0.2) is 182 Å². The van der Waals surface area contributed by atoms with Gasteiger partial charge in [0.25, 0.3) is 0 Å². The highest BCUT2D eigenvalue weighted by molar-refractivity contribution is 6.10. The number of hydrogen-bond acceptors (Lipinski definition) is 0. The fraction of sp³-hybridized carbons (Fsp3) is 0. The van der Waals surface area contributed by atoms with Crippen molar-refractivity contribution in [3.05, 3.63) is 182 Å². The number of benzene rings is 7. The fourth-order valence-corrected chi connectivity index (χ4v) is 6.49. The molecule has 44 heavy (non-hydrogen) atoms. The van der Waals surface area contributed by atoms with E-state index in [-0.39, 0.29) is 0 Å². The van der Waals surface area contributed by atoms with E-state index in [1.165, 1.54) is 66.1 Å². The highest BCUT2D eigenvalue weighted by Gasteiger charge is 2.14. The van der Waals surface area contributed by atoms with Crippen molar-refractivity contribution in [2.24, 2.45) is 0 Å². The van der Waals surface area contributed by atoms with Crippen LogP contribution in [0.1, 0.15) is 0 Å². The van der Waals surface area contributed by atoms with Crippen LogP contribution in [-0.2, 0) is 0 Å². The van der Waals surface area contributed by atoms with Crippen LogP contribution < -0.4 is 0 Å². The number of hydrogen-bond donors (Lipinski definition) is 0. The van der Waals surface area contributed by atoms with E-state index in [0.717, 1.165) is 0 Å². The predicted molar refractivity (Wildman–Crippen MR) is 187 cm³/mol. The molecule has 0 aliphatic carbocycles. The fourth-order valence-electron chi connectivity index (χ4n) is 6.49. The highest BCUT2D eigenvalue weighted by atomic mass is 15.0. The van der Waals surface area contributed by atoms with Gasteiger partial charge < -0.3 is 9.13 Å². The third-order valence-electron chi connectivity index (χ3n) is 8.40. The van der Waals surface area contributed by atoms with Gasteiger partial charge in [-0.3, -0.25) is 0 Å². The van der Waals surface area contributed by atoms with Crippen LogP contribution in [0, 0.1) is 0 Å². The minimum Gasteiger partial charge on any atom is -0.309 e. The molecule has 2 nitrogen and oxygen atoms in total. The average molecular weight is 563 g/mol. The SMILES string of the molecule is c1ccc(-c2ccccc2-n2c3ccccc3c3ccccc32)cc1.c1ccc(-n2c3ccccc3c3ccccc32)cc1. The summed E-state index contributed by atoms with van der Waals surface area (Å²) in [6.07, 6.45) is 0. The first kappa shape index (κ1) is 25.8. The lowest BCUT2D eigenvalue weighted by Gasteiger charge is -2.13. The van der Waals surface area contributed by atoms with E-state index >= 15 is 0 Å². The van der Waals surface area contributed by atoms with Crippen molar-refractivity contribution < 1.29 is 0 Å². The normalized spacial score (nSPS) is 11.2. The van der Waals surface area contributed by atoms with E-state index in [0.29, 0.717) is 0 Å². The first-order valence-corrected chi connectivity index (χ1v) is 15.0. The van der Waals surface area contributed by atoms with E-state index in [4.69, 9.17) is 0 Å². The van der Waals surface area contributed by atoms with E-state index < -0.39 is 0 Å². The monoisotopic (exact) mass is 562 g/mol. The summed E-state index contributed by atoms with van der Waals surface area (Å²) in [4.78, 5) is 0. The van der Waals surface area contributed by atoms with E-state index in [9.17, 15) is 0 Å². The van der Waals surface area contributed by atoms with Gasteiger partial charge in [0.2, 0.25) is 0 Å². The Hall–Kier alpha value is -5.86. The molecule has 0 spiro atoms. The molecule has 208 valence electrons. The number of nitrogens with zero attached hydrogens (tertiary/aromatic N) is 2. The van der Waals surface area contributed by atoms with Crippen LogP contribution in [-0.4, -0.2) is 9.13 Å². The summed E-state index contributed by atoms with van der Waals surface area (Å²) in [5.41, 5.74) is 9.91. The molecule has 0 aliphatic heterocycles. The Bertz CT molecular complexity index is 2270. The molecule has 0 N–H and O–H groups in total. The molecule has 0 bridgehead atoms. The molecule has 0 amide bonds. The molecule has 0 radical (unpaired) electrons. The van der Waals surface area contributed by atoms with Crippen LogP contribution in [0.3, 0.4) is 0 Å². The summed E-state index contributed by atoms with van der Waals surface area (Å²) in [6.45, 7) is 0. The van der Waals surface area contributed by atoms with Crippen LogP contribution in [0.5, 0.6) is 0 Å². The third kappa shape index (κ3) is 4.36. The molecule has 0 saturated heterocycles. The zero-order valence-electron chi connectivity index (χ0n) is 24.2. The van der Waals surface area contributed by atoms with Crippen LogP contribution in [0.25, 0.3) is 66.1 Å². The number of fused-ring (bicyclic) bond motifs is 6. The largest absolute Gasteiger partial charge is 0.309 e. The average Bonchev–Trinajstić information content (AvgIpc) is 3.63. The van der Waals surface area contributed by atoms with Crippen molar-refractivity contribution in [1.29, 1.82) is 0 Å². The summed E-state index contributed by atoms with van der Waals surface area (Å²) in [7, 11) is 0. The zero-order chi connectivity index (χ0) is 29.3. The first-order valence-electron chi connectivity index (χ1n) is 15.0. The topological polar surface area (TPSA) is 9.86 Å². The van der Waals surface area contributed by atoms with Crippen molar-refractivity contribution in [2.45, 2.75) is 0 Å². The molecule has 2 heterocycles. The molecule has 0 aliphatic rings. The number of aromatic nitrogens is 2. The lowest BCUT2D eigenvalue weighted by atomic mass is 10.0. The molecule has 2 heteroatoms. The van der Waals surface area contributed by atoms with Crippen molar-refractivity contribution in [1.82, 2.24) is 9.13 Å². The molecule has 7 aromatic carbocycles. The van der Waals surface area contributed by atoms with Gasteiger partial charge in [0.15, 0.2) is 0 Å². The van der Waals surface area contributed by atoms with Crippen molar-refractivity contribution in [3.63, 3.8) is 0 Å². The van der Waals surface area contributed by atoms with Crippen molar-refractivity contribution in [2.75, 3.05) is 0 Å². The van der Waals surface area contributed by atoms with E-state index in [2.05, 4.69) is 191 Å². The molecular weight excluding hydrogens is 532 g/mol. The Kier molecular flexibility index (Phi) is 6.51. The summed E-state index contributed by atoms with van der Waals surface area (Å²) in [5.74, 6) is 0. The van der Waals surface area contributed by atoms with E-state index in [1.807, 2.05) is 0 Å². The van der Waals surface area contributed by atoms with Crippen molar-refractivity contribution >= 4 is 43.6 Å². The Balaban J connectivity index is 0.000000136. The molecule has 9 aromatic rings. The maximum absolute atomic E-state index is 2.38. The van der Waals surface area contributed by atoms with Crippen LogP contribution >= 0.6 is 0 Å². The van der Waals surface area contributed by atoms with Crippen molar-refractivity contribution in [3.8, 4) is 22.5 Å². The van der Waals surface area contributed by atoms with Gasteiger partial charge in [-0.1, -0.05) is 140 Å². The van der Waals surface area contributed by atoms with Gasteiger partial charge in [-0.2, -0.15) is 0 Å². The smallest absolute Gasteiger partial charge is 0.0541 e. The Labute approximate surface area is 256 Å². The van der Waals surface area contributed by atoms with Gasteiger partial charge in [0.1, 0.15) is 0 Å². The number of para-hydroxylation sites is 6. The van der Waals surface area contributed by atoms with Gasteiger partial charge in [0.05, 0.1) is 27.8 Å². The summed E-state index contributed by atoms with van der Waals surface area (Å²) in [5, 5.41) is 5.20. The molecular formula is C42H30N2. The predicted octanol–water partition coefficient (Wildman–Crippen LogP) is 11.2. The maximum atomic E-state index is 2.38. The third-order valence-corrected chi connectivity index (χ3v) is 8.40. The number of rotatable bonds is 3. The summed E-state index contributed by atoms with van der Waals surface area (Å²) >= 11 is 0. The zero-order valence-corrected chi connectivity index (χ0v) is 24.2. The lowest BCUT2D eigenvalue weighted by molar-refractivity contribution is 1.18. The van der Waals surface area contributed by atoms with Gasteiger partial charge in [-0.25, -0.2) is 0 Å². The quantitative estimate of drug-likeness (QED) is 0.203. The Morgan fingerprint density at radius 1 is 0.273 bits per heavy atom. The molecule has 0 fully saturated rings. The van der Waals surface area contributed by atoms with Crippen LogP contribution in [0.2, 0.25) is 0 Å². The summed E-state index contributed by atoms with van der Waals surface area (Å²) < 4.78 is 4.71. The maximum Gasteiger partial charge on any atom is 0.0541 e. The minimum atomic E-state index is 1.21. The molecule has 2 aromatic heterocycles. The lowest BCUT2D eigenvalue weighted by Crippen LogP contribution is -1.96. The standard InChI is InChI=1S/C24H17N.C18H13N/c1-2-10-18(11-3-1)19-12-4-7-15-22(19)25-23-16-8-5-13-20(23)21-14-6-9-17-24(21)25;1-2-8-14(9-3-1)19-17-12-6-4-10-15(17)16-11-5-7-13-18(16)19/h1-17H;1-13H. The first-order chi connectivity index (χ1) is 21.9. The summed E-state index contributed by atoms with van der Waals surface area (Å²) in [6, 6.07) is 64.2. The van der Waals surface area contributed by atoms with Gasteiger partial charge in [-0.15, -0.1) is 0 Å². The van der Waals surface area contributed by atoms with Crippen LogP contribution in [0.4, 0.5) is 0 Å². The second-order valence-corrected chi connectivity index (χ2v) is 11.0. The van der Waals surface area contributed by atoms with Gasteiger partial charge in [0, 0.05) is 32.8 Å². The van der Waals surface area contributed by atoms with Gasteiger partial charge >= 0.3 is 0 Å². The molecule has 0 saturated carbocycles. The van der Waals surface area contributed by atoms with Gasteiger partial charge in [-0.05, 0) is 48.0 Å². The Morgan fingerprint density at radius 2 is 0.636 bits per heavy atom. The van der Waals surface area contributed by atoms with E-state index in [1.54, 1.807) is 0 Å². The Morgan fingerprint density at radius 3 is 1.14 bits per heavy atom. The second kappa shape index (κ2) is 11.1. The minimum absolute atomic E-state index is 1.21. The highest BCUT2D eigenvalue weighted by Crippen LogP contribution is 2.36. The molecule has 0 atom stereocenters.